The first-order valence-corrected chi connectivity index (χ1v) is 7.92. The van der Waals surface area contributed by atoms with Gasteiger partial charge in [-0.1, -0.05) is 45.0 Å². The Labute approximate surface area is 137 Å². The van der Waals surface area contributed by atoms with Gasteiger partial charge in [0.25, 0.3) is 0 Å². The van der Waals surface area contributed by atoms with Gasteiger partial charge in [-0.15, -0.1) is 0 Å². The van der Waals surface area contributed by atoms with Crippen molar-refractivity contribution < 1.29 is 9.53 Å². The summed E-state index contributed by atoms with van der Waals surface area (Å²) in [5, 5.41) is 0. The number of nitrogens with zero attached hydrogens (tertiary/aromatic N) is 2. The van der Waals surface area contributed by atoms with Crippen LogP contribution in [0.2, 0.25) is 0 Å². The number of esters is 1. The molecule has 0 radical (unpaired) electrons. The normalized spacial score (nSPS) is 18.3. The number of ether oxygens (including phenoxy) is 1. The standard InChI is InChI=1S/C16H16N2O2.C3H8/c1-4-11-9-17-10-18(11)14-12-7-5-6-8-13(12)15(19)20-16(14,2)3;1-3-2/h4-10,14H,1H2,2-3H3;3H2,1-2H3. The highest BCUT2D eigenvalue weighted by Gasteiger charge is 2.43. The van der Waals surface area contributed by atoms with E-state index in [-0.39, 0.29) is 12.0 Å². The number of rotatable bonds is 2. The van der Waals surface area contributed by atoms with Gasteiger partial charge in [0.2, 0.25) is 0 Å². The Balaban J connectivity index is 0.000000595. The molecule has 2 heterocycles. The van der Waals surface area contributed by atoms with E-state index in [0.29, 0.717) is 5.56 Å². The van der Waals surface area contributed by atoms with Gasteiger partial charge in [0, 0.05) is 0 Å². The molecule has 0 aliphatic carbocycles. The number of carbonyl (C=O) groups is 1. The van der Waals surface area contributed by atoms with Crippen molar-refractivity contribution in [3.8, 4) is 0 Å². The van der Waals surface area contributed by atoms with E-state index in [2.05, 4.69) is 25.4 Å². The third kappa shape index (κ3) is 3.21. The average molecular weight is 312 g/mol. The molecule has 0 N–H and O–H groups in total. The Kier molecular flexibility index (Phi) is 5.04. The second-order valence-electron chi connectivity index (χ2n) is 6.12. The molecule has 1 aliphatic heterocycles. The van der Waals surface area contributed by atoms with E-state index >= 15 is 0 Å². The molecule has 0 bridgehead atoms. The van der Waals surface area contributed by atoms with Crippen molar-refractivity contribution in [1.29, 1.82) is 0 Å². The van der Waals surface area contributed by atoms with Crippen LogP contribution in [0.15, 0.2) is 43.4 Å². The number of carbonyl (C=O) groups excluding carboxylic acids is 1. The van der Waals surface area contributed by atoms with Crippen LogP contribution in [0.5, 0.6) is 0 Å². The summed E-state index contributed by atoms with van der Waals surface area (Å²) < 4.78 is 7.61. The lowest BCUT2D eigenvalue weighted by Crippen LogP contribution is -2.43. The van der Waals surface area contributed by atoms with Crippen molar-refractivity contribution in [3.05, 3.63) is 60.2 Å². The minimum Gasteiger partial charge on any atom is -0.453 e. The lowest BCUT2D eigenvalue weighted by atomic mass is 9.85. The van der Waals surface area contributed by atoms with E-state index < -0.39 is 5.60 Å². The highest BCUT2D eigenvalue weighted by Crippen LogP contribution is 2.40. The molecular weight excluding hydrogens is 288 g/mol. The first-order valence-electron chi connectivity index (χ1n) is 7.92. The van der Waals surface area contributed by atoms with E-state index in [0.717, 1.165) is 11.3 Å². The van der Waals surface area contributed by atoms with E-state index in [9.17, 15) is 4.79 Å². The smallest absolute Gasteiger partial charge is 0.339 e. The minimum absolute atomic E-state index is 0.119. The van der Waals surface area contributed by atoms with E-state index in [4.69, 9.17) is 4.74 Å². The predicted molar refractivity (Wildman–Crippen MR) is 92.4 cm³/mol. The molecule has 1 aromatic heterocycles. The summed E-state index contributed by atoms with van der Waals surface area (Å²) in [5.41, 5.74) is 1.82. The average Bonchev–Trinajstić information content (AvgIpc) is 2.95. The van der Waals surface area contributed by atoms with Crippen LogP contribution in [0.4, 0.5) is 0 Å². The van der Waals surface area contributed by atoms with Crippen molar-refractivity contribution >= 4 is 12.0 Å². The van der Waals surface area contributed by atoms with Crippen LogP contribution < -0.4 is 0 Å². The number of fused-ring (bicyclic) bond motifs is 1. The Hall–Kier alpha value is -2.36. The molecule has 1 aliphatic rings. The molecule has 0 amide bonds. The molecule has 4 nitrogen and oxygen atoms in total. The SMILES string of the molecule is C=Cc1cncn1C1c2ccccc2C(=O)OC1(C)C.CCC. The van der Waals surface area contributed by atoms with E-state index in [1.807, 2.05) is 36.6 Å². The van der Waals surface area contributed by atoms with Crippen molar-refractivity contribution in [2.45, 2.75) is 45.8 Å². The number of cyclic esters (lactones) is 1. The monoisotopic (exact) mass is 312 g/mol. The number of benzene rings is 1. The van der Waals surface area contributed by atoms with Gasteiger partial charge in [-0.3, -0.25) is 0 Å². The minimum atomic E-state index is -0.649. The first kappa shape index (κ1) is 17.0. The number of hydrogen-bond donors (Lipinski definition) is 0. The Morgan fingerprint density at radius 1 is 1.35 bits per heavy atom. The predicted octanol–water partition coefficient (Wildman–Crippen LogP) is 4.48. The molecule has 2 aromatic rings. The number of imidazole rings is 1. The van der Waals surface area contributed by atoms with Crippen LogP contribution in [0.3, 0.4) is 0 Å². The second-order valence-corrected chi connectivity index (χ2v) is 6.12. The van der Waals surface area contributed by atoms with Crippen LogP contribution in [0, 0.1) is 0 Å². The van der Waals surface area contributed by atoms with Crippen LogP contribution in [0.25, 0.3) is 6.08 Å². The Morgan fingerprint density at radius 2 is 2.00 bits per heavy atom. The van der Waals surface area contributed by atoms with Gasteiger partial charge in [-0.2, -0.15) is 0 Å². The zero-order valence-corrected chi connectivity index (χ0v) is 14.2. The van der Waals surface area contributed by atoms with Gasteiger partial charge in [0.15, 0.2) is 0 Å². The number of hydrogen-bond acceptors (Lipinski definition) is 3. The maximum atomic E-state index is 12.1. The van der Waals surface area contributed by atoms with E-state index in [1.165, 1.54) is 6.42 Å². The number of aromatic nitrogens is 2. The summed E-state index contributed by atoms with van der Waals surface area (Å²) in [5.74, 6) is -0.276. The Morgan fingerprint density at radius 3 is 2.65 bits per heavy atom. The van der Waals surface area contributed by atoms with Crippen molar-refractivity contribution in [2.24, 2.45) is 0 Å². The van der Waals surface area contributed by atoms with Crippen molar-refractivity contribution in [2.75, 3.05) is 0 Å². The van der Waals surface area contributed by atoms with Crippen molar-refractivity contribution in [3.63, 3.8) is 0 Å². The fraction of sp³-hybridized carbons (Fsp3) is 0.368. The molecule has 3 rings (SSSR count). The Bertz CT molecular complexity index is 701. The van der Waals surface area contributed by atoms with Crippen LogP contribution in [0.1, 0.15) is 61.8 Å². The molecule has 23 heavy (non-hydrogen) atoms. The van der Waals surface area contributed by atoms with Gasteiger partial charge in [0.1, 0.15) is 11.6 Å². The van der Waals surface area contributed by atoms with Gasteiger partial charge in [-0.05, 0) is 31.6 Å². The lowest BCUT2D eigenvalue weighted by Gasteiger charge is -2.40. The fourth-order valence-electron chi connectivity index (χ4n) is 2.82. The maximum absolute atomic E-state index is 12.1. The summed E-state index contributed by atoms with van der Waals surface area (Å²) >= 11 is 0. The summed E-state index contributed by atoms with van der Waals surface area (Å²) in [7, 11) is 0. The molecule has 0 saturated carbocycles. The zero-order chi connectivity index (χ0) is 17.0. The maximum Gasteiger partial charge on any atom is 0.339 e. The fourth-order valence-corrected chi connectivity index (χ4v) is 2.82. The zero-order valence-electron chi connectivity index (χ0n) is 14.2. The molecule has 0 saturated heterocycles. The summed E-state index contributed by atoms with van der Waals surface area (Å²) in [4.78, 5) is 16.3. The summed E-state index contributed by atoms with van der Waals surface area (Å²) in [6, 6.07) is 7.43. The van der Waals surface area contributed by atoms with Gasteiger partial charge >= 0.3 is 5.97 Å². The largest absolute Gasteiger partial charge is 0.453 e. The van der Waals surface area contributed by atoms with E-state index in [1.54, 1.807) is 24.7 Å². The van der Waals surface area contributed by atoms with Gasteiger partial charge in [0.05, 0.1) is 23.8 Å². The molecule has 4 heteroatoms. The van der Waals surface area contributed by atoms with Gasteiger partial charge in [-0.25, -0.2) is 9.78 Å². The second kappa shape index (κ2) is 6.82. The lowest BCUT2D eigenvalue weighted by molar-refractivity contribution is -0.0262. The van der Waals surface area contributed by atoms with Gasteiger partial charge < -0.3 is 9.30 Å². The molecule has 1 unspecified atom stereocenters. The molecule has 0 fully saturated rings. The van der Waals surface area contributed by atoms with Crippen molar-refractivity contribution in [1.82, 2.24) is 9.55 Å². The van der Waals surface area contributed by atoms with Crippen LogP contribution in [-0.4, -0.2) is 21.1 Å². The molecule has 0 spiro atoms. The highest BCUT2D eigenvalue weighted by atomic mass is 16.6. The first-order chi connectivity index (χ1) is 11.0. The molecule has 1 atom stereocenters. The molecule has 122 valence electrons. The third-order valence-corrected chi connectivity index (χ3v) is 3.67. The molecule has 1 aromatic carbocycles. The topological polar surface area (TPSA) is 44.1 Å². The van der Waals surface area contributed by atoms with Crippen LogP contribution in [-0.2, 0) is 4.74 Å². The van der Waals surface area contributed by atoms with Crippen LogP contribution >= 0.6 is 0 Å². The quantitative estimate of drug-likeness (QED) is 0.768. The summed E-state index contributed by atoms with van der Waals surface area (Å²) in [6.45, 7) is 11.9. The third-order valence-electron chi connectivity index (χ3n) is 3.67. The molecular formula is C19H24N2O2. The summed E-state index contributed by atoms with van der Waals surface area (Å²) in [6.07, 6.45) is 6.50. The highest BCUT2D eigenvalue weighted by molar-refractivity contribution is 5.93.